The van der Waals surface area contributed by atoms with Crippen molar-refractivity contribution in [3.8, 4) is 0 Å². The summed E-state index contributed by atoms with van der Waals surface area (Å²) in [6, 6.07) is 4.71. The van der Waals surface area contributed by atoms with E-state index < -0.39 is 15.8 Å². The van der Waals surface area contributed by atoms with Crippen molar-refractivity contribution in [2.75, 3.05) is 25.0 Å². The van der Waals surface area contributed by atoms with E-state index in [9.17, 15) is 17.6 Å². The number of aromatic nitrogens is 1. The molecular weight excluding hydrogens is 425 g/mol. The molecule has 1 aliphatic rings. The highest BCUT2D eigenvalue weighted by atomic mass is 32.2. The van der Waals surface area contributed by atoms with Crippen LogP contribution in [0, 0.1) is 5.82 Å². The number of nitrogens with zero attached hydrogens (tertiary/aromatic N) is 3. The third-order valence-corrected chi connectivity index (χ3v) is 8.11. The molecule has 0 N–H and O–H groups in total. The maximum atomic E-state index is 13.1. The van der Waals surface area contributed by atoms with Gasteiger partial charge in [0.15, 0.2) is 5.13 Å². The van der Waals surface area contributed by atoms with Gasteiger partial charge in [-0.25, -0.2) is 22.1 Å². The fraction of sp³-hybridized carbons (Fsp3) is 0.429. The standard InChI is InChI=1S/C21H26FN3O3S2/c1-3-14-25(21-23-18-7-4-5-8-19(18)29-21)20(26)9-6-15-24(2)30(27,28)17-12-10-16(22)11-13-17/h3,10-13H,1,4-9,14-15H2,2H3. The van der Waals surface area contributed by atoms with Gasteiger partial charge >= 0.3 is 0 Å². The van der Waals surface area contributed by atoms with Gasteiger partial charge in [0.2, 0.25) is 15.9 Å². The first-order chi connectivity index (χ1) is 14.3. The van der Waals surface area contributed by atoms with Crippen molar-refractivity contribution < 1.29 is 17.6 Å². The van der Waals surface area contributed by atoms with Crippen LogP contribution in [0.1, 0.15) is 36.3 Å². The average Bonchev–Trinajstić information content (AvgIpc) is 3.15. The molecule has 162 valence electrons. The number of anilines is 1. The Hall–Kier alpha value is -2.10. The van der Waals surface area contributed by atoms with Crippen molar-refractivity contribution in [3.63, 3.8) is 0 Å². The van der Waals surface area contributed by atoms with Crippen LogP contribution in [0.15, 0.2) is 41.8 Å². The minimum absolute atomic E-state index is 0.0272. The molecule has 1 aromatic carbocycles. The third kappa shape index (κ3) is 5.14. The van der Waals surface area contributed by atoms with Crippen LogP contribution in [-0.2, 0) is 27.7 Å². The Kier molecular flexibility index (Phi) is 7.38. The molecule has 0 radical (unpaired) electrons. The number of benzene rings is 1. The van der Waals surface area contributed by atoms with E-state index in [4.69, 9.17) is 0 Å². The van der Waals surface area contributed by atoms with E-state index in [0.717, 1.165) is 43.5 Å². The summed E-state index contributed by atoms with van der Waals surface area (Å²) in [6.45, 7) is 4.29. The maximum Gasteiger partial charge on any atom is 0.242 e. The first-order valence-electron chi connectivity index (χ1n) is 9.94. The smallest absolute Gasteiger partial charge is 0.242 e. The molecule has 0 saturated heterocycles. The number of carbonyl (C=O) groups is 1. The Morgan fingerprint density at radius 1 is 1.27 bits per heavy atom. The van der Waals surface area contributed by atoms with Crippen LogP contribution in [0.5, 0.6) is 0 Å². The van der Waals surface area contributed by atoms with Gasteiger partial charge in [-0.1, -0.05) is 6.08 Å². The summed E-state index contributed by atoms with van der Waals surface area (Å²) in [5.41, 5.74) is 1.09. The summed E-state index contributed by atoms with van der Waals surface area (Å²) in [5.74, 6) is -0.595. The Morgan fingerprint density at radius 3 is 2.63 bits per heavy atom. The molecule has 0 saturated carbocycles. The van der Waals surface area contributed by atoms with Crippen molar-refractivity contribution in [1.82, 2.24) is 9.29 Å². The van der Waals surface area contributed by atoms with E-state index in [0.29, 0.717) is 18.1 Å². The highest BCUT2D eigenvalue weighted by Crippen LogP contribution is 2.32. The molecule has 9 heteroatoms. The minimum Gasteiger partial charge on any atom is -0.284 e. The molecule has 0 bridgehead atoms. The Balaban J connectivity index is 1.60. The van der Waals surface area contributed by atoms with Crippen LogP contribution < -0.4 is 4.90 Å². The van der Waals surface area contributed by atoms with Gasteiger partial charge < -0.3 is 0 Å². The second kappa shape index (κ2) is 9.80. The Labute approximate surface area is 181 Å². The first-order valence-corrected chi connectivity index (χ1v) is 12.2. The second-order valence-corrected chi connectivity index (χ2v) is 10.4. The normalized spacial score (nSPS) is 13.8. The zero-order valence-electron chi connectivity index (χ0n) is 17.0. The SMILES string of the molecule is C=CCN(C(=O)CCCN(C)S(=O)(=O)c1ccc(F)cc1)c1nc2c(s1)CCCC2. The van der Waals surface area contributed by atoms with Gasteiger partial charge in [-0.3, -0.25) is 9.69 Å². The summed E-state index contributed by atoms with van der Waals surface area (Å²) >= 11 is 1.56. The zero-order chi connectivity index (χ0) is 21.7. The fourth-order valence-electron chi connectivity index (χ4n) is 3.36. The highest BCUT2D eigenvalue weighted by Gasteiger charge is 2.24. The number of hydrogen-bond acceptors (Lipinski definition) is 5. The average molecular weight is 452 g/mol. The Morgan fingerprint density at radius 2 is 1.97 bits per heavy atom. The molecular formula is C21H26FN3O3S2. The third-order valence-electron chi connectivity index (χ3n) is 5.06. The number of aryl methyl sites for hydroxylation is 2. The summed E-state index contributed by atoms with van der Waals surface area (Å²) in [7, 11) is -2.27. The molecule has 2 aromatic rings. The summed E-state index contributed by atoms with van der Waals surface area (Å²) in [5, 5.41) is 0.694. The number of amides is 1. The van der Waals surface area contributed by atoms with Gasteiger partial charge in [0, 0.05) is 31.4 Å². The highest BCUT2D eigenvalue weighted by molar-refractivity contribution is 7.89. The summed E-state index contributed by atoms with van der Waals surface area (Å²) in [4.78, 5) is 20.4. The molecule has 1 amide bonds. The van der Waals surface area contributed by atoms with E-state index >= 15 is 0 Å². The molecule has 0 atom stereocenters. The summed E-state index contributed by atoms with van der Waals surface area (Å²) in [6.07, 6.45) is 6.47. The Bertz CT molecular complexity index is 980. The topological polar surface area (TPSA) is 70.6 Å². The van der Waals surface area contributed by atoms with Crippen LogP contribution in [0.25, 0.3) is 0 Å². The molecule has 1 heterocycles. The van der Waals surface area contributed by atoms with Crippen LogP contribution in [0.2, 0.25) is 0 Å². The molecule has 0 aliphatic heterocycles. The van der Waals surface area contributed by atoms with Gasteiger partial charge in [-0.05, 0) is 56.4 Å². The number of rotatable bonds is 9. The monoisotopic (exact) mass is 451 g/mol. The molecule has 30 heavy (non-hydrogen) atoms. The predicted octanol–water partition coefficient (Wildman–Crippen LogP) is 3.78. The van der Waals surface area contributed by atoms with Crippen molar-refractivity contribution in [3.05, 3.63) is 53.3 Å². The molecule has 1 aliphatic carbocycles. The lowest BCUT2D eigenvalue weighted by molar-refractivity contribution is -0.118. The van der Waals surface area contributed by atoms with Crippen LogP contribution in [-0.4, -0.2) is 43.8 Å². The van der Waals surface area contributed by atoms with Crippen molar-refractivity contribution in [1.29, 1.82) is 0 Å². The van der Waals surface area contributed by atoms with Crippen molar-refractivity contribution >= 4 is 32.4 Å². The lowest BCUT2D eigenvalue weighted by Crippen LogP contribution is -2.32. The van der Waals surface area contributed by atoms with Crippen LogP contribution in [0.3, 0.4) is 0 Å². The zero-order valence-corrected chi connectivity index (χ0v) is 18.6. The van der Waals surface area contributed by atoms with E-state index in [1.54, 1.807) is 22.3 Å². The molecule has 3 rings (SSSR count). The van der Waals surface area contributed by atoms with Gasteiger partial charge in [-0.15, -0.1) is 17.9 Å². The second-order valence-electron chi connectivity index (χ2n) is 7.25. The van der Waals surface area contributed by atoms with E-state index in [2.05, 4.69) is 11.6 Å². The van der Waals surface area contributed by atoms with Crippen LogP contribution in [0.4, 0.5) is 9.52 Å². The lowest BCUT2D eigenvalue weighted by atomic mass is 10.0. The number of thiazole rings is 1. The van der Waals surface area contributed by atoms with Crippen molar-refractivity contribution in [2.45, 2.75) is 43.4 Å². The molecule has 0 unspecified atom stereocenters. The minimum atomic E-state index is -3.72. The van der Waals surface area contributed by atoms with Gasteiger partial charge in [0.1, 0.15) is 5.82 Å². The fourth-order valence-corrected chi connectivity index (χ4v) is 5.75. The lowest BCUT2D eigenvalue weighted by Gasteiger charge is -2.20. The van der Waals surface area contributed by atoms with E-state index in [-0.39, 0.29) is 23.8 Å². The summed E-state index contributed by atoms with van der Waals surface area (Å²) < 4.78 is 39.4. The number of carbonyl (C=O) groups excluding carboxylic acids is 1. The molecule has 0 fully saturated rings. The molecule has 6 nitrogen and oxygen atoms in total. The van der Waals surface area contributed by atoms with Gasteiger partial charge in [0.25, 0.3) is 0 Å². The first kappa shape index (κ1) is 22.6. The van der Waals surface area contributed by atoms with E-state index in [1.807, 2.05) is 0 Å². The molecule has 0 spiro atoms. The predicted molar refractivity (Wildman–Crippen MR) is 117 cm³/mol. The number of hydrogen-bond donors (Lipinski definition) is 0. The number of sulfonamides is 1. The van der Waals surface area contributed by atoms with Crippen molar-refractivity contribution in [2.24, 2.45) is 0 Å². The molecule has 1 aromatic heterocycles. The quantitative estimate of drug-likeness (QED) is 0.544. The van der Waals surface area contributed by atoms with Gasteiger partial charge in [-0.2, -0.15) is 0 Å². The largest absolute Gasteiger partial charge is 0.284 e. The van der Waals surface area contributed by atoms with Crippen LogP contribution >= 0.6 is 11.3 Å². The van der Waals surface area contributed by atoms with Gasteiger partial charge in [0.05, 0.1) is 10.6 Å². The number of fused-ring (bicyclic) bond motifs is 1. The maximum absolute atomic E-state index is 13.1. The van der Waals surface area contributed by atoms with E-state index in [1.165, 1.54) is 28.4 Å². The number of halogens is 1.